The summed E-state index contributed by atoms with van der Waals surface area (Å²) in [6, 6.07) is 2.22. The monoisotopic (exact) mass is 331 g/mol. The molecule has 2 aromatic rings. The molecule has 0 aliphatic heterocycles. The molecule has 7 heteroatoms. The highest BCUT2D eigenvalue weighted by atomic mass is 79.9. The lowest BCUT2D eigenvalue weighted by Crippen LogP contribution is -2.04. The summed E-state index contributed by atoms with van der Waals surface area (Å²) in [6.07, 6.45) is 2.00. The first-order valence-electron chi connectivity index (χ1n) is 5.40. The van der Waals surface area contributed by atoms with E-state index < -0.39 is 11.6 Å². The number of H-pyrrole nitrogens is 1. The summed E-state index contributed by atoms with van der Waals surface area (Å²) in [4.78, 5) is 0. The van der Waals surface area contributed by atoms with Crippen molar-refractivity contribution in [2.45, 2.75) is 18.8 Å². The molecule has 1 heterocycles. The van der Waals surface area contributed by atoms with Gasteiger partial charge in [-0.15, -0.1) is 0 Å². The molecule has 3 nitrogen and oxygen atoms in total. The van der Waals surface area contributed by atoms with Gasteiger partial charge in [0.25, 0.3) is 0 Å². The highest BCUT2D eigenvalue weighted by Gasteiger charge is 2.30. The molecule has 1 aromatic heterocycles. The SMILES string of the molecule is Fc1cc(-n2c(C3CC3)n[nH]c2=S)c(F)cc1Br. The van der Waals surface area contributed by atoms with Gasteiger partial charge in [0.1, 0.15) is 17.5 Å². The second-order valence-electron chi connectivity index (χ2n) is 4.21. The zero-order chi connectivity index (χ0) is 12.9. The Bertz CT molecular complexity index is 675. The third-order valence-electron chi connectivity index (χ3n) is 2.87. The molecule has 0 saturated heterocycles. The fourth-order valence-corrected chi connectivity index (χ4v) is 2.39. The van der Waals surface area contributed by atoms with Crippen LogP contribution in [-0.4, -0.2) is 14.8 Å². The van der Waals surface area contributed by atoms with Crippen molar-refractivity contribution in [3.05, 3.63) is 38.8 Å². The number of nitrogens with one attached hydrogen (secondary N) is 1. The Morgan fingerprint density at radius 3 is 2.72 bits per heavy atom. The minimum Gasteiger partial charge on any atom is -0.269 e. The first-order chi connectivity index (χ1) is 8.58. The normalized spacial score (nSPS) is 15.1. The van der Waals surface area contributed by atoms with Crippen LogP contribution in [-0.2, 0) is 0 Å². The van der Waals surface area contributed by atoms with Crippen LogP contribution in [0.3, 0.4) is 0 Å². The molecular weight excluding hydrogens is 324 g/mol. The number of aromatic amines is 1. The Morgan fingerprint density at radius 2 is 2.06 bits per heavy atom. The van der Waals surface area contributed by atoms with Crippen LogP contribution in [0.5, 0.6) is 0 Å². The molecule has 0 bridgehead atoms. The van der Waals surface area contributed by atoms with Crippen LogP contribution in [0.2, 0.25) is 0 Å². The molecule has 1 aliphatic rings. The van der Waals surface area contributed by atoms with E-state index in [1.807, 2.05) is 0 Å². The number of hydrogen-bond acceptors (Lipinski definition) is 2. The molecule has 0 spiro atoms. The Kier molecular flexibility index (Phi) is 2.82. The van der Waals surface area contributed by atoms with Crippen molar-refractivity contribution in [3.8, 4) is 5.69 Å². The molecule has 1 aromatic carbocycles. The minimum atomic E-state index is -0.539. The molecule has 1 saturated carbocycles. The van der Waals surface area contributed by atoms with Gasteiger partial charge in [-0.3, -0.25) is 9.67 Å². The zero-order valence-electron chi connectivity index (χ0n) is 9.08. The molecule has 0 radical (unpaired) electrons. The van der Waals surface area contributed by atoms with E-state index in [0.29, 0.717) is 5.82 Å². The largest absolute Gasteiger partial charge is 0.269 e. The van der Waals surface area contributed by atoms with Gasteiger partial charge in [0.15, 0.2) is 4.77 Å². The van der Waals surface area contributed by atoms with Crippen LogP contribution in [0, 0.1) is 16.4 Å². The van der Waals surface area contributed by atoms with Crippen LogP contribution >= 0.6 is 28.1 Å². The summed E-state index contributed by atoms with van der Waals surface area (Å²) in [5.41, 5.74) is 0.0938. The quantitative estimate of drug-likeness (QED) is 0.669. The third-order valence-corrected chi connectivity index (χ3v) is 3.75. The first kappa shape index (κ1) is 12.0. The van der Waals surface area contributed by atoms with E-state index in [1.165, 1.54) is 4.57 Å². The van der Waals surface area contributed by atoms with Gasteiger partial charge in [-0.25, -0.2) is 8.78 Å². The minimum absolute atomic E-state index is 0.0896. The average molecular weight is 332 g/mol. The summed E-state index contributed by atoms with van der Waals surface area (Å²) in [6.45, 7) is 0. The fraction of sp³-hybridized carbons (Fsp3) is 0.273. The standard InChI is InChI=1S/C11H8BrF2N3S/c12-6-3-8(14)9(4-7(6)13)17-10(5-1-2-5)15-16-11(17)18/h3-5H,1-2H2,(H,16,18). The van der Waals surface area contributed by atoms with Gasteiger partial charge in [-0.05, 0) is 47.1 Å². The van der Waals surface area contributed by atoms with E-state index in [9.17, 15) is 8.78 Å². The van der Waals surface area contributed by atoms with Crippen LogP contribution in [0.25, 0.3) is 5.69 Å². The molecule has 1 aliphatic carbocycles. The Balaban J connectivity index is 2.23. The molecule has 0 unspecified atom stereocenters. The van der Waals surface area contributed by atoms with Gasteiger partial charge >= 0.3 is 0 Å². The smallest absolute Gasteiger partial charge is 0.199 e. The molecule has 18 heavy (non-hydrogen) atoms. The molecule has 0 atom stereocenters. The van der Waals surface area contributed by atoms with Gasteiger partial charge in [-0.1, -0.05) is 0 Å². The lowest BCUT2D eigenvalue weighted by Gasteiger charge is -2.08. The molecule has 1 fully saturated rings. The van der Waals surface area contributed by atoms with Crippen molar-refractivity contribution < 1.29 is 8.78 Å². The van der Waals surface area contributed by atoms with E-state index >= 15 is 0 Å². The lowest BCUT2D eigenvalue weighted by molar-refractivity contribution is 0.584. The molecular formula is C11H8BrF2N3S. The Hall–Kier alpha value is -1.08. The van der Waals surface area contributed by atoms with Crippen molar-refractivity contribution in [3.63, 3.8) is 0 Å². The van der Waals surface area contributed by atoms with E-state index in [2.05, 4.69) is 26.1 Å². The number of rotatable bonds is 2. The first-order valence-corrected chi connectivity index (χ1v) is 6.60. The van der Waals surface area contributed by atoms with Crippen molar-refractivity contribution in [1.82, 2.24) is 14.8 Å². The van der Waals surface area contributed by atoms with E-state index in [4.69, 9.17) is 12.2 Å². The van der Waals surface area contributed by atoms with Crippen molar-refractivity contribution in [2.24, 2.45) is 0 Å². The fourth-order valence-electron chi connectivity index (χ4n) is 1.84. The van der Waals surface area contributed by atoms with E-state index in [0.717, 1.165) is 25.0 Å². The van der Waals surface area contributed by atoms with Gasteiger partial charge in [0.05, 0.1) is 10.2 Å². The second-order valence-corrected chi connectivity index (χ2v) is 5.46. The maximum absolute atomic E-state index is 13.9. The molecule has 0 amide bonds. The van der Waals surface area contributed by atoms with E-state index in [-0.39, 0.29) is 20.8 Å². The summed E-state index contributed by atoms with van der Waals surface area (Å²) in [5, 5.41) is 6.73. The second kappa shape index (κ2) is 4.24. The maximum Gasteiger partial charge on any atom is 0.199 e. The molecule has 94 valence electrons. The van der Waals surface area contributed by atoms with Crippen LogP contribution in [0.1, 0.15) is 24.6 Å². The van der Waals surface area contributed by atoms with Crippen molar-refractivity contribution >= 4 is 28.1 Å². The summed E-state index contributed by atoms with van der Waals surface area (Å²) in [7, 11) is 0. The predicted octanol–water partition coefficient (Wildman–Crippen LogP) is 3.85. The number of hydrogen-bond donors (Lipinski definition) is 1. The summed E-state index contributed by atoms with van der Waals surface area (Å²) < 4.78 is 29.3. The number of aromatic nitrogens is 3. The Morgan fingerprint density at radius 1 is 1.33 bits per heavy atom. The zero-order valence-corrected chi connectivity index (χ0v) is 11.5. The Labute approximate surface area is 115 Å². The highest BCUT2D eigenvalue weighted by molar-refractivity contribution is 9.10. The number of halogens is 3. The predicted molar refractivity (Wildman–Crippen MR) is 68.3 cm³/mol. The van der Waals surface area contributed by atoms with Crippen LogP contribution in [0.4, 0.5) is 8.78 Å². The maximum atomic E-state index is 13.9. The topological polar surface area (TPSA) is 33.6 Å². The number of nitrogens with zero attached hydrogens (tertiary/aromatic N) is 2. The average Bonchev–Trinajstić information content (AvgIpc) is 3.09. The van der Waals surface area contributed by atoms with Crippen LogP contribution in [0.15, 0.2) is 16.6 Å². The third kappa shape index (κ3) is 1.91. The van der Waals surface area contributed by atoms with Gasteiger partial charge in [0.2, 0.25) is 0 Å². The van der Waals surface area contributed by atoms with Crippen molar-refractivity contribution in [2.75, 3.05) is 0 Å². The number of benzene rings is 1. The molecule has 3 rings (SSSR count). The van der Waals surface area contributed by atoms with Crippen LogP contribution < -0.4 is 0 Å². The molecule has 1 N–H and O–H groups in total. The van der Waals surface area contributed by atoms with Gasteiger partial charge in [0, 0.05) is 12.0 Å². The summed E-state index contributed by atoms with van der Waals surface area (Å²) >= 11 is 8.03. The van der Waals surface area contributed by atoms with Gasteiger partial charge < -0.3 is 0 Å². The highest BCUT2D eigenvalue weighted by Crippen LogP contribution is 2.40. The lowest BCUT2D eigenvalue weighted by atomic mass is 10.2. The van der Waals surface area contributed by atoms with Gasteiger partial charge in [-0.2, -0.15) is 5.10 Å². The van der Waals surface area contributed by atoms with Crippen molar-refractivity contribution in [1.29, 1.82) is 0 Å². The summed E-state index contributed by atoms with van der Waals surface area (Å²) in [5.74, 6) is -0.122. The van der Waals surface area contributed by atoms with E-state index in [1.54, 1.807) is 0 Å².